The molecule has 5 heterocycles. The lowest BCUT2D eigenvalue weighted by molar-refractivity contribution is 0.0677. The van der Waals surface area contributed by atoms with Gasteiger partial charge >= 0.3 is 11.9 Å². The van der Waals surface area contributed by atoms with E-state index in [1.165, 1.54) is 56.7 Å². The number of aryl methyl sites for hydroxylation is 1. The fourth-order valence-corrected chi connectivity index (χ4v) is 12.2. The number of hydrogen-bond acceptors (Lipinski definition) is 12. The summed E-state index contributed by atoms with van der Waals surface area (Å²) in [7, 11) is 4.56. The maximum absolute atomic E-state index is 13.9. The number of esters is 2. The Morgan fingerprint density at radius 3 is 1.61 bits per heavy atom. The number of amides is 4. The SMILES string of the molecule is CB(c1ccccc1)n1c(-c2ccc(OC(=O)c3ccc4c(c3)C(=O)N(C)C4=O)cc2)c2/c(=C(\C#N)c3ccc4cc(Cl)c(Cl)cc4c3)n(C)c(-c3ccc(OC(=O)c4ccc5c(c4)C(=O)N(C)C5=O)cc3)c2/c1=C(\C#N)c1cnc2cc(Cl)c(C)cc2n1. The Kier molecular flexibility index (Phi) is 14.2. The van der Waals surface area contributed by atoms with Gasteiger partial charge in [0.05, 0.1) is 82.6 Å². The Labute approximate surface area is 521 Å². The molecule has 0 unspecified atom stereocenters. The molecule has 0 radical (unpaired) electrons. The van der Waals surface area contributed by atoms with Crippen LogP contribution in [0, 0.1) is 29.6 Å². The molecule has 0 N–H and O–H groups in total. The normalized spacial score (nSPS) is 13.4. The van der Waals surface area contributed by atoms with Gasteiger partial charge in [0.15, 0.2) is 0 Å². The van der Waals surface area contributed by atoms with E-state index in [0.29, 0.717) is 81.0 Å². The Morgan fingerprint density at radius 2 is 1.04 bits per heavy atom. The van der Waals surface area contributed by atoms with E-state index in [4.69, 9.17) is 54.2 Å². The first-order valence-corrected chi connectivity index (χ1v) is 28.7. The standard InChI is InChI=1S/C69H42BCl3N8O8/c1-35-25-56-55(31-52(35)71)76-34-57(77-56)51(33-75)63-58-59(61(81(63)70(2)43-9-7-6-8-10-43)37-15-21-45(22-16-37)89-69(87)41-18-24-47-49(28-41)67(85)80(5)65(47)83)62(50(32-74)39-12-11-38-29-53(72)54(73)30-42(38)26-39)78(3)60(58)36-13-19-44(20-14-36)88-68(86)40-17-23-46-48(27-40)66(84)79(4)64(46)82/h6-31,34H,1-5H3/b62-50-,63-51-. The summed E-state index contributed by atoms with van der Waals surface area (Å²) in [5.41, 5.74) is 6.41. The van der Waals surface area contributed by atoms with Gasteiger partial charge in [-0.25, -0.2) is 14.6 Å². The molecule has 0 spiro atoms. The number of aromatic nitrogens is 4. The number of halogens is 3. The maximum Gasteiger partial charge on any atom is 0.343 e. The van der Waals surface area contributed by atoms with Gasteiger partial charge < -0.3 is 18.5 Å². The Bertz CT molecular complexity index is 5250. The van der Waals surface area contributed by atoms with Gasteiger partial charge in [0.1, 0.15) is 34.9 Å². The molecule has 0 saturated carbocycles. The number of fused-ring (bicyclic) bond motifs is 5. The van der Waals surface area contributed by atoms with Crippen LogP contribution in [0.1, 0.15) is 79.0 Å². The van der Waals surface area contributed by atoms with Crippen molar-refractivity contribution in [2.75, 3.05) is 14.1 Å². The van der Waals surface area contributed by atoms with E-state index in [1.54, 1.807) is 72.8 Å². The van der Waals surface area contributed by atoms with E-state index in [0.717, 1.165) is 26.2 Å². The number of carbonyl (C=O) groups is 6. The molecule has 2 aliphatic heterocycles. The van der Waals surface area contributed by atoms with Gasteiger partial charge in [-0.15, -0.1) is 0 Å². The quantitative estimate of drug-likeness (QED) is 0.0542. The Balaban J connectivity index is 1.09. The van der Waals surface area contributed by atoms with Crippen molar-refractivity contribution in [3.05, 3.63) is 240 Å². The molecule has 0 atom stereocenters. The van der Waals surface area contributed by atoms with Gasteiger partial charge in [0, 0.05) is 42.6 Å². The van der Waals surface area contributed by atoms with Crippen LogP contribution in [0.3, 0.4) is 0 Å². The molecule has 89 heavy (non-hydrogen) atoms. The van der Waals surface area contributed by atoms with Gasteiger partial charge in [-0.2, -0.15) is 10.5 Å². The maximum atomic E-state index is 13.9. The lowest BCUT2D eigenvalue weighted by atomic mass is 9.57. The van der Waals surface area contributed by atoms with Crippen molar-refractivity contribution in [2.24, 2.45) is 7.05 Å². The third-order valence-corrected chi connectivity index (χ3v) is 17.4. The first kappa shape index (κ1) is 57.1. The minimum atomic E-state index is -0.781. The number of nitrogens with zero attached hydrogens (tertiary/aromatic N) is 8. The Morgan fingerprint density at radius 1 is 0.528 bits per heavy atom. The molecule has 8 aromatic carbocycles. The van der Waals surface area contributed by atoms with E-state index < -0.39 is 42.4 Å². The van der Waals surface area contributed by atoms with Crippen molar-refractivity contribution in [3.63, 3.8) is 0 Å². The summed E-state index contributed by atoms with van der Waals surface area (Å²) in [4.78, 5) is 90.7. The van der Waals surface area contributed by atoms with Crippen LogP contribution in [0.25, 0.3) is 66.2 Å². The topological polar surface area (TPSA) is 211 Å². The van der Waals surface area contributed by atoms with Crippen molar-refractivity contribution >= 4 is 126 Å². The van der Waals surface area contributed by atoms with E-state index in [2.05, 4.69) is 12.1 Å². The van der Waals surface area contributed by atoms with Crippen molar-refractivity contribution < 1.29 is 38.2 Å². The summed E-state index contributed by atoms with van der Waals surface area (Å²) >= 11 is 19.7. The zero-order valence-electron chi connectivity index (χ0n) is 47.6. The predicted molar refractivity (Wildman–Crippen MR) is 339 cm³/mol. The highest BCUT2D eigenvalue weighted by Crippen LogP contribution is 2.38. The van der Waals surface area contributed by atoms with Crippen LogP contribution < -0.4 is 25.6 Å². The second kappa shape index (κ2) is 22.1. The fourth-order valence-electron chi connectivity index (χ4n) is 11.7. The van der Waals surface area contributed by atoms with Crippen LogP contribution in [0.15, 0.2) is 164 Å². The summed E-state index contributed by atoms with van der Waals surface area (Å²) in [6, 6.07) is 49.2. The summed E-state index contributed by atoms with van der Waals surface area (Å²) in [6.45, 7) is 3.26. The highest BCUT2D eigenvalue weighted by Gasteiger charge is 2.36. The van der Waals surface area contributed by atoms with Crippen LogP contribution in [0.5, 0.6) is 11.5 Å². The van der Waals surface area contributed by atoms with Crippen LogP contribution in [-0.4, -0.2) is 85.3 Å². The van der Waals surface area contributed by atoms with Crippen molar-refractivity contribution in [3.8, 4) is 46.2 Å². The monoisotopic (exact) mass is 1230 g/mol. The summed E-state index contributed by atoms with van der Waals surface area (Å²) in [5, 5.41) is 28.1. The average Bonchev–Trinajstić information content (AvgIpc) is 1.55. The molecule has 0 saturated heterocycles. The third kappa shape index (κ3) is 9.56. The van der Waals surface area contributed by atoms with Gasteiger partial charge in [0.25, 0.3) is 30.5 Å². The molecule has 16 nitrogen and oxygen atoms in total. The summed E-state index contributed by atoms with van der Waals surface area (Å²) in [6.07, 6.45) is 1.53. The second-order valence-corrected chi connectivity index (χ2v) is 22.7. The number of hydrogen-bond donors (Lipinski definition) is 0. The third-order valence-electron chi connectivity index (χ3n) is 16.3. The van der Waals surface area contributed by atoms with Gasteiger partial charge in [0.2, 0.25) is 0 Å². The minimum absolute atomic E-state index is 0.0470. The molecule has 0 fully saturated rings. The van der Waals surface area contributed by atoms with Crippen LogP contribution in [0.2, 0.25) is 21.9 Å². The smallest absolute Gasteiger partial charge is 0.343 e. The van der Waals surface area contributed by atoms with Crippen molar-refractivity contribution in [1.82, 2.24) is 28.8 Å². The Hall–Kier alpha value is -10.9. The molecule has 20 heteroatoms. The fraction of sp³-hybridized carbons (Fsp3) is 0.0725. The van der Waals surface area contributed by atoms with Gasteiger partial charge in [-0.05, 0) is 155 Å². The number of ether oxygens (including phenoxy) is 2. The average molecular weight is 1230 g/mol. The molecular weight excluding hydrogens is 1190 g/mol. The number of imide groups is 2. The number of benzene rings is 8. The van der Waals surface area contributed by atoms with Gasteiger partial charge in [-0.1, -0.05) is 89.6 Å². The highest BCUT2D eigenvalue weighted by molar-refractivity contribution is 6.71. The molecule has 13 rings (SSSR count). The molecule has 11 aromatic rings. The number of carbonyl (C=O) groups excluding carboxylic acids is 6. The zero-order valence-corrected chi connectivity index (χ0v) is 49.9. The largest absolute Gasteiger partial charge is 0.423 e. The van der Waals surface area contributed by atoms with Crippen LogP contribution in [0.4, 0.5) is 0 Å². The molecule has 3 aromatic heterocycles. The molecule has 0 bridgehead atoms. The zero-order chi connectivity index (χ0) is 62.4. The van der Waals surface area contributed by atoms with E-state index in [-0.39, 0.29) is 61.7 Å². The lowest BCUT2D eigenvalue weighted by Crippen LogP contribution is -2.42. The minimum Gasteiger partial charge on any atom is -0.423 e. The first-order chi connectivity index (χ1) is 42.8. The second-order valence-electron chi connectivity index (χ2n) is 21.5. The molecule has 2 aliphatic rings. The van der Waals surface area contributed by atoms with Crippen LogP contribution in [-0.2, 0) is 7.05 Å². The first-order valence-electron chi connectivity index (χ1n) is 27.6. The van der Waals surface area contributed by atoms with E-state index in [1.807, 2.05) is 78.4 Å². The van der Waals surface area contributed by atoms with E-state index >= 15 is 0 Å². The molecule has 0 aliphatic carbocycles. The molecular formula is C69H42BCl3N8O8. The lowest BCUT2D eigenvalue weighted by Gasteiger charge is -2.19. The molecule has 430 valence electrons. The highest BCUT2D eigenvalue weighted by atomic mass is 35.5. The van der Waals surface area contributed by atoms with E-state index in [9.17, 15) is 39.3 Å². The summed E-state index contributed by atoms with van der Waals surface area (Å²) < 4.78 is 15.8. The van der Waals surface area contributed by atoms with Crippen molar-refractivity contribution in [2.45, 2.75) is 13.7 Å². The molecule has 4 amide bonds. The summed E-state index contributed by atoms with van der Waals surface area (Å²) in [5.74, 6) is -3.32. The number of rotatable bonds is 10. The predicted octanol–water partition coefficient (Wildman–Crippen LogP) is 11.4. The van der Waals surface area contributed by atoms with Crippen LogP contribution >= 0.6 is 34.8 Å². The number of nitriles is 2. The van der Waals surface area contributed by atoms with Crippen molar-refractivity contribution in [1.29, 1.82) is 10.5 Å². The van der Waals surface area contributed by atoms with Gasteiger partial charge in [-0.3, -0.25) is 34.0 Å².